The predicted molar refractivity (Wildman–Crippen MR) is 74.0 cm³/mol. The molecule has 0 aliphatic heterocycles. The highest BCUT2D eigenvalue weighted by atomic mass is 35.5. The van der Waals surface area contributed by atoms with Crippen molar-refractivity contribution in [3.8, 4) is 0 Å². The second kappa shape index (κ2) is 5.71. The van der Waals surface area contributed by atoms with Gasteiger partial charge in [-0.15, -0.1) is 0 Å². The maximum absolute atomic E-state index is 11.8. The Morgan fingerprint density at radius 2 is 2.16 bits per heavy atom. The lowest BCUT2D eigenvalue weighted by molar-refractivity contribution is 0.0472. The molecule has 0 aliphatic carbocycles. The van der Waals surface area contributed by atoms with Gasteiger partial charge in [-0.1, -0.05) is 11.6 Å². The maximum atomic E-state index is 11.8. The van der Waals surface area contributed by atoms with Crippen molar-refractivity contribution in [2.75, 3.05) is 5.73 Å². The molecule has 19 heavy (non-hydrogen) atoms. The van der Waals surface area contributed by atoms with E-state index in [9.17, 15) is 4.79 Å². The molecular formula is C14H13ClN2O2. The molecule has 4 nitrogen and oxygen atoms in total. The molecular weight excluding hydrogens is 264 g/mol. The Kier molecular flexibility index (Phi) is 4.02. The first kappa shape index (κ1) is 13.4. The summed E-state index contributed by atoms with van der Waals surface area (Å²) in [5.41, 5.74) is 8.23. The normalized spacial score (nSPS) is 10.2. The van der Waals surface area contributed by atoms with Crippen LogP contribution in [0.2, 0.25) is 5.02 Å². The molecule has 5 heteroatoms. The number of aryl methyl sites for hydroxylation is 1. The molecule has 98 valence electrons. The van der Waals surface area contributed by atoms with E-state index in [1.54, 1.807) is 24.5 Å². The lowest BCUT2D eigenvalue weighted by Crippen LogP contribution is -2.06. The number of aromatic nitrogens is 1. The zero-order valence-electron chi connectivity index (χ0n) is 10.4. The Hall–Kier alpha value is -2.07. The number of rotatable bonds is 3. The smallest absolute Gasteiger partial charge is 0.338 e. The van der Waals surface area contributed by atoms with E-state index >= 15 is 0 Å². The van der Waals surface area contributed by atoms with E-state index in [0.29, 0.717) is 16.3 Å². The quantitative estimate of drug-likeness (QED) is 0.691. The molecule has 0 atom stereocenters. The van der Waals surface area contributed by atoms with E-state index in [4.69, 9.17) is 22.1 Å². The molecule has 0 radical (unpaired) electrons. The van der Waals surface area contributed by atoms with Crippen LogP contribution in [0.4, 0.5) is 5.69 Å². The van der Waals surface area contributed by atoms with Gasteiger partial charge in [0.25, 0.3) is 0 Å². The summed E-state index contributed by atoms with van der Waals surface area (Å²) in [4.78, 5) is 15.9. The number of nitrogens with zero attached hydrogens (tertiary/aromatic N) is 1. The van der Waals surface area contributed by atoms with Crippen molar-refractivity contribution < 1.29 is 9.53 Å². The van der Waals surface area contributed by atoms with Gasteiger partial charge in [0.15, 0.2) is 0 Å². The number of esters is 1. The van der Waals surface area contributed by atoms with E-state index in [1.807, 2.05) is 13.0 Å². The summed E-state index contributed by atoms with van der Waals surface area (Å²) >= 11 is 5.79. The predicted octanol–water partition coefficient (Wildman–Crippen LogP) is 2.98. The van der Waals surface area contributed by atoms with Crippen LogP contribution in [0.1, 0.15) is 21.5 Å². The number of halogens is 1. The molecule has 0 amide bonds. The van der Waals surface area contributed by atoms with Gasteiger partial charge in [0.05, 0.1) is 16.3 Å². The van der Waals surface area contributed by atoms with Gasteiger partial charge in [-0.25, -0.2) is 4.79 Å². The van der Waals surface area contributed by atoms with Crippen molar-refractivity contribution >= 4 is 23.3 Å². The number of carbonyl (C=O) groups excluding carboxylic acids is 1. The molecule has 0 bridgehead atoms. The lowest BCUT2D eigenvalue weighted by atomic mass is 10.2. The van der Waals surface area contributed by atoms with Gasteiger partial charge in [0, 0.05) is 18.0 Å². The summed E-state index contributed by atoms with van der Waals surface area (Å²) in [5.74, 6) is -0.440. The highest BCUT2D eigenvalue weighted by Gasteiger charge is 2.09. The SMILES string of the molecule is Cc1cncc(COC(=O)c2ccc(Cl)c(N)c2)c1. The third-order valence-electron chi connectivity index (χ3n) is 2.53. The molecule has 2 aromatic rings. The molecule has 0 unspecified atom stereocenters. The van der Waals surface area contributed by atoms with Crippen LogP contribution in [-0.4, -0.2) is 11.0 Å². The van der Waals surface area contributed by atoms with E-state index in [-0.39, 0.29) is 6.61 Å². The molecule has 1 aromatic carbocycles. The van der Waals surface area contributed by atoms with Crippen LogP contribution in [0.5, 0.6) is 0 Å². The van der Waals surface area contributed by atoms with Crippen LogP contribution >= 0.6 is 11.6 Å². The van der Waals surface area contributed by atoms with Crippen LogP contribution in [0.25, 0.3) is 0 Å². The number of hydrogen-bond donors (Lipinski definition) is 1. The summed E-state index contributed by atoms with van der Waals surface area (Å²) in [6, 6.07) is 6.56. The fourth-order valence-corrected chi connectivity index (χ4v) is 1.72. The van der Waals surface area contributed by atoms with Crippen molar-refractivity contribution in [1.29, 1.82) is 0 Å². The average molecular weight is 277 g/mol. The van der Waals surface area contributed by atoms with Gasteiger partial charge in [0.2, 0.25) is 0 Å². The minimum atomic E-state index is -0.440. The highest BCUT2D eigenvalue weighted by Crippen LogP contribution is 2.20. The number of nitrogens with two attached hydrogens (primary N) is 1. The first-order valence-corrected chi connectivity index (χ1v) is 6.07. The number of anilines is 1. The van der Waals surface area contributed by atoms with Crippen molar-refractivity contribution in [3.63, 3.8) is 0 Å². The first-order chi connectivity index (χ1) is 9.06. The van der Waals surface area contributed by atoms with E-state index in [0.717, 1.165) is 11.1 Å². The molecule has 1 aromatic heterocycles. The third-order valence-corrected chi connectivity index (χ3v) is 2.88. The van der Waals surface area contributed by atoms with Crippen molar-refractivity contribution in [2.45, 2.75) is 13.5 Å². The lowest BCUT2D eigenvalue weighted by Gasteiger charge is -2.06. The van der Waals surface area contributed by atoms with Gasteiger partial charge in [-0.3, -0.25) is 4.98 Å². The van der Waals surface area contributed by atoms with Gasteiger partial charge in [-0.2, -0.15) is 0 Å². The van der Waals surface area contributed by atoms with E-state index in [1.165, 1.54) is 6.07 Å². The second-order valence-corrected chi connectivity index (χ2v) is 4.59. The average Bonchev–Trinajstić information content (AvgIpc) is 2.39. The number of pyridine rings is 1. The zero-order valence-corrected chi connectivity index (χ0v) is 11.1. The van der Waals surface area contributed by atoms with Gasteiger partial charge >= 0.3 is 5.97 Å². The Morgan fingerprint density at radius 1 is 1.37 bits per heavy atom. The minimum absolute atomic E-state index is 0.177. The molecule has 0 saturated carbocycles. The third kappa shape index (κ3) is 3.45. The summed E-state index contributed by atoms with van der Waals surface area (Å²) < 4.78 is 5.19. The summed E-state index contributed by atoms with van der Waals surface area (Å²) in [6.07, 6.45) is 3.40. The minimum Gasteiger partial charge on any atom is -0.457 e. The first-order valence-electron chi connectivity index (χ1n) is 5.69. The Morgan fingerprint density at radius 3 is 2.84 bits per heavy atom. The number of carbonyl (C=O) groups is 1. The summed E-state index contributed by atoms with van der Waals surface area (Å²) in [5, 5.41) is 0.416. The monoisotopic (exact) mass is 276 g/mol. The Labute approximate surface area is 116 Å². The summed E-state index contributed by atoms with van der Waals surface area (Å²) in [7, 11) is 0. The van der Waals surface area contributed by atoms with Crippen LogP contribution in [-0.2, 0) is 11.3 Å². The van der Waals surface area contributed by atoms with Gasteiger partial charge < -0.3 is 10.5 Å². The van der Waals surface area contributed by atoms with Crippen LogP contribution in [0.3, 0.4) is 0 Å². The molecule has 2 rings (SSSR count). The molecule has 0 spiro atoms. The largest absolute Gasteiger partial charge is 0.457 e. The fraction of sp³-hybridized carbons (Fsp3) is 0.143. The number of nitrogen functional groups attached to an aromatic ring is 1. The van der Waals surface area contributed by atoms with Crippen LogP contribution < -0.4 is 5.73 Å². The molecule has 1 heterocycles. The maximum Gasteiger partial charge on any atom is 0.338 e. The molecule has 0 saturated heterocycles. The second-order valence-electron chi connectivity index (χ2n) is 4.18. The van der Waals surface area contributed by atoms with Gasteiger partial charge in [0.1, 0.15) is 6.61 Å². The fourth-order valence-electron chi connectivity index (χ4n) is 1.60. The number of benzene rings is 1. The van der Waals surface area contributed by atoms with E-state index in [2.05, 4.69) is 4.98 Å². The van der Waals surface area contributed by atoms with Crippen LogP contribution in [0.15, 0.2) is 36.7 Å². The van der Waals surface area contributed by atoms with Crippen LogP contribution in [0, 0.1) is 6.92 Å². The topological polar surface area (TPSA) is 65.2 Å². The number of hydrogen-bond acceptors (Lipinski definition) is 4. The van der Waals surface area contributed by atoms with Crippen molar-refractivity contribution in [1.82, 2.24) is 4.98 Å². The highest BCUT2D eigenvalue weighted by molar-refractivity contribution is 6.33. The van der Waals surface area contributed by atoms with Crippen molar-refractivity contribution in [2.24, 2.45) is 0 Å². The molecule has 2 N–H and O–H groups in total. The standard InChI is InChI=1S/C14H13ClN2O2/c1-9-4-10(7-17-6-9)8-19-14(18)11-2-3-12(15)13(16)5-11/h2-7H,8,16H2,1H3. The zero-order chi connectivity index (χ0) is 13.8. The Bertz CT molecular complexity index is 614. The number of ether oxygens (including phenoxy) is 1. The van der Waals surface area contributed by atoms with Gasteiger partial charge in [-0.05, 0) is 36.8 Å². The Balaban J connectivity index is 2.03. The van der Waals surface area contributed by atoms with Crippen molar-refractivity contribution in [3.05, 3.63) is 58.4 Å². The molecule has 0 fully saturated rings. The summed E-state index contributed by atoms with van der Waals surface area (Å²) in [6.45, 7) is 2.11. The van der Waals surface area contributed by atoms with E-state index < -0.39 is 5.97 Å². The molecule has 0 aliphatic rings.